The zero-order valence-corrected chi connectivity index (χ0v) is 14.5. The molecular formula is C17H20ClN3O3. The first-order valence-corrected chi connectivity index (χ1v) is 8.32. The Morgan fingerprint density at radius 1 is 1.46 bits per heavy atom. The lowest BCUT2D eigenvalue weighted by molar-refractivity contribution is 0.0734. The summed E-state index contributed by atoms with van der Waals surface area (Å²) in [5.41, 5.74) is 2.64. The minimum atomic E-state index is -0.0795. The Morgan fingerprint density at radius 3 is 3.04 bits per heavy atom. The van der Waals surface area contributed by atoms with E-state index in [1.54, 1.807) is 23.2 Å². The topological polar surface area (TPSA) is 67.5 Å². The second-order valence-corrected chi connectivity index (χ2v) is 6.10. The van der Waals surface area contributed by atoms with Gasteiger partial charge in [0.25, 0.3) is 5.91 Å². The molecule has 0 saturated carbocycles. The highest BCUT2D eigenvalue weighted by Gasteiger charge is 2.24. The molecular weight excluding hydrogens is 330 g/mol. The lowest BCUT2D eigenvalue weighted by Gasteiger charge is -2.27. The van der Waals surface area contributed by atoms with Crippen molar-refractivity contribution in [2.75, 3.05) is 20.3 Å². The van der Waals surface area contributed by atoms with Crippen LogP contribution in [0.25, 0.3) is 0 Å². The van der Waals surface area contributed by atoms with Crippen LogP contribution < -0.4 is 9.47 Å². The number of hydrogen-bond acceptors (Lipinski definition) is 4. The summed E-state index contributed by atoms with van der Waals surface area (Å²) in [7, 11) is 1.54. The molecule has 2 heterocycles. The van der Waals surface area contributed by atoms with Crippen molar-refractivity contribution in [3.8, 4) is 11.5 Å². The number of aromatic amines is 1. The molecule has 24 heavy (non-hydrogen) atoms. The van der Waals surface area contributed by atoms with Gasteiger partial charge in [-0.15, -0.1) is 0 Å². The van der Waals surface area contributed by atoms with Gasteiger partial charge >= 0.3 is 0 Å². The molecule has 3 rings (SSSR count). The molecule has 1 aromatic carbocycles. The van der Waals surface area contributed by atoms with Crippen LogP contribution in [0.2, 0.25) is 5.02 Å². The van der Waals surface area contributed by atoms with Crippen molar-refractivity contribution in [2.24, 2.45) is 0 Å². The summed E-state index contributed by atoms with van der Waals surface area (Å²) in [5.74, 6) is 0.873. The van der Waals surface area contributed by atoms with E-state index in [1.165, 1.54) is 7.11 Å². The molecule has 0 saturated heterocycles. The van der Waals surface area contributed by atoms with Gasteiger partial charge < -0.3 is 14.4 Å². The van der Waals surface area contributed by atoms with Crippen LogP contribution in [0.1, 0.15) is 35.0 Å². The van der Waals surface area contributed by atoms with Gasteiger partial charge in [-0.1, -0.05) is 18.5 Å². The lowest BCUT2D eigenvalue weighted by Crippen LogP contribution is -2.35. The number of carbonyl (C=O) groups excluding carboxylic acids is 1. The maximum Gasteiger partial charge on any atom is 0.254 e. The highest BCUT2D eigenvalue weighted by Crippen LogP contribution is 2.37. The van der Waals surface area contributed by atoms with Crippen LogP contribution >= 0.6 is 11.6 Å². The Bertz CT molecular complexity index is 745. The Kier molecular flexibility index (Phi) is 4.94. The van der Waals surface area contributed by atoms with Gasteiger partial charge in [-0.3, -0.25) is 9.89 Å². The fourth-order valence-corrected chi connectivity index (χ4v) is 3.03. The molecule has 0 aliphatic carbocycles. The molecule has 0 fully saturated rings. The van der Waals surface area contributed by atoms with Crippen molar-refractivity contribution in [1.29, 1.82) is 0 Å². The normalized spacial score (nSPS) is 13.5. The zero-order chi connectivity index (χ0) is 17.1. The highest BCUT2D eigenvalue weighted by atomic mass is 35.5. The first-order chi connectivity index (χ1) is 11.6. The van der Waals surface area contributed by atoms with Gasteiger partial charge in [0.2, 0.25) is 0 Å². The standard InChI is InChI=1S/C17H20ClN3O3/c1-3-6-24-16-13(18)7-11(8-15(16)23-2)17(22)21-5-4-14-12(10-21)9-19-20-14/h7-9H,3-6,10H2,1-2H3,(H,19,20). The van der Waals surface area contributed by atoms with Crippen LogP contribution in [-0.2, 0) is 13.0 Å². The van der Waals surface area contributed by atoms with Gasteiger partial charge in [-0.05, 0) is 18.6 Å². The number of ether oxygens (including phenoxy) is 2. The van der Waals surface area contributed by atoms with Crippen molar-refractivity contribution in [1.82, 2.24) is 15.1 Å². The molecule has 0 spiro atoms. The minimum absolute atomic E-state index is 0.0795. The molecule has 1 aliphatic heterocycles. The third kappa shape index (κ3) is 3.19. The number of nitrogens with one attached hydrogen (secondary N) is 1. The van der Waals surface area contributed by atoms with Crippen molar-refractivity contribution < 1.29 is 14.3 Å². The van der Waals surface area contributed by atoms with E-state index < -0.39 is 0 Å². The largest absolute Gasteiger partial charge is 0.493 e. The number of benzene rings is 1. The summed E-state index contributed by atoms with van der Waals surface area (Å²) in [5, 5.41) is 7.38. The van der Waals surface area contributed by atoms with E-state index >= 15 is 0 Å². The van der Waals surface area contributed by atoms with Crippen molar-refractivity contribution in [3.05, 3.63) is 40.2 Å². The van der Waals surface area contributed by atoms with Crippen molar-refractivity contribution >= 4 is 17.5 Å². The van der Waals surface area contributed by atoms with E-state index in [4.69, 9.17) is 21.1 Å². The molecule has 0 unspecified atom stereocenters. The maximum atomic E-state index is 12.8. The third-order valence-electron chi connectivity index (χ3n) is 4.01. The molecule has 2 aromatic rings. The number of halogens is 1. The lowest BCUT2D eigenvalue weighted by atomic mass is 10.1. The zero-order valence-electron chi connectivity index (χ0n) is 13.8. The number of fused-ring (bicyclic) bond motifs is 1. The number of hydrogen-bond donors (Lipinski definition) is 1. The summed E-state index contributed by atoms with van der Waals surface area (Å²) in [4.78, 5) is 14.6. The van der Waals surface area contributed by atoms with E-state index in [1.807, 2.05) is 6.92 Å². The van der Waals surface area contributed by atoms with Gasteiger partial charge in [0.15, 0.2) is 11.5 Å². The quantitative estimate of drug-likeness (QED) is 0.900. The summed E-state index contributed by atoms with van der Waals surface area (Å²) >= 11 is 6.30. The molecule has 128 valence electrons. The van der Waals surface area contributed by atoms with Gasteiger partial charge in [-0.2, -0.15) is 5.10 Å². The molecule has 0 bridgehead atoms. The minimum Gasteiger partial charge on any atom is -0.493 e. The molecule has 1 N–H and O–H groups in total. The molecule has 1 aromatic heterocycles. The Morgan fingerprint density at radius 2 is 2.29 bits per heavy atom. The van der Waals surface area contributed by atoms with Crippen molar-refractivity contribution in [3.63, 3.8) is 0 Å². The van der Waals surface area contributed by atoms with Gasteiger partial charge in [0.1, 0.15) is 0 Å². The average molecular weight is 350 g/mol. The summed E-state index contributed by atoms with van der Waals surface area (Å²) in [6.07, 6.45) is 3.40. The Labute approximate surface area is 145 Å². The first kappa shape index (κ1) is 16.6. The number of carbonyl (C=O) groups is 1. The molecule has 1 aliphatic rings. The molecule has 7 heteroatoms. The van der Waals surface area contributed by atoms with Gasteiger partial charge in [0, 0.05) is 36.3 Å². The predicted octanol–water partition coefficient (Wildman–Crippen LogP) is 3.06. The maximum absolute atomic E-state index is 12.8. The van der Waals surface area contributed by atoms with Crippen LogP contribution in [0, 0.1) is 0 Å². The SMILES string of the molecule is CCCOc1c(Cl)cc(C(=O)N2CCc3[nH]ncc3C2)cc1OC. The van der Waals surface area contributed by atoms with E-state index in [0.29, 0.717) is 41.8 Å². The number of amides is 1. The molecule has 1 amide bonds. The number of nitrogens with zero attached hydrogens (tertiary/aromatic N) is 2. The summed E-state index contributed by atoms with van der Waals surface area (Å²) in [6, 6.07) is 3.33. The molecule has 6 nitrogen and oxygen atoms in total. The van der Waals surface area contributed by atoms with Crippen molar-refractivity contribution in [2.45, 2.75) is 26.3 Å². The van der Waals surface area contributed by atoms with Gasteiger partial charge in [-0.25, -0.2) is 0 Å². The molecule has 0 atom stereocenters. The van der Waals surface area contributed by atoms with Crippen LogP contribution in [0.5, 0.6) is 11.5 Å². The number of H-pyrrole nitrogens is 1. The second-order valence-electron chi connectivity index (χ2n) is 5.69. The van der Waals surface area contributed by atoms with Gasteiger partial charge in [0.05, 0.1) is 24.9 Å². The Balaban J connectivity index is 1.84. The highest BCUT2D eigenvalue weighted by molar-refractivity contribution is 6.32. The van der Waals surface area contributed by atoms with Crippen LogP contribution in [0.4, 0.5) is 0 Å². The first-order valence-electron chi connectivity index (χ1n) is 7.94. The smallest absolute Gasteiger partial charge is 0.254 e. The van der Waals surface area contributed by atoms with E-state index in [9.17, 15) is 4.79 Å². The van der Waals surface area contributed by atoms with Crippen LogP contribution in [0.3, 0.4) is 0 Å². The number of aromatic nitrogens is 2. The molecule has 0 radical (unpaired) electrons. The summed E-state index contributed by atoms with van der Waals surface area (Å²) < 4.78 is 11.0. The predicted molar refractivity (Wildman–Crippen MR) is 90.8 cm³/mol. The Hall–Kier alpha value is -2.21. The third-order valence-corrected chi connectivity index (χ3v) is 4.30. The fourth-order valence-electron chi connectivity index (χ4n) is 2.77. The van der Waals surface area contributed by atoms with Crippen LogP contribution in [-0.4, -0.2) is 41.3 Å². The monoisotopic (exact) mass is 349 g/mol. The average Bonchev–Trinajstić information content (AvgIpc) is 3.07. The number of methoxy groups -OCH3 is 1. The van der Waals surface area contributed by atoms with Crippen LogP contribution in [0.15, 0.2) is 18.3 Å². The second kappa shape index (κ2) is 7.13. The van der Waals surface area contributed by atoms with E-state index in [-0.39, 0.29) is 5.91 Å². The fraction of sp³-hybridized carbons (Fsp3) is 0.412. The summed E-state index contributed by atoms with van der Waals surface area (Å²) in [6.45, 7) is 3.73. The number of rotatable bonds is 5. The van der Waals surface area contributed by atoms with E-state index in [0.717, 1.165) is 24.1 Å². The van der Waals surface area contributed by atoms with E-state index in [2.05, 4.69) is 10.2 Å².